The number of rotatable bonds is 0. The Morgan fingerprint density at radius 2 is 2.54 bits per heavy atom. The highest BCUT2D eigenvalue weighted by Gasteiger charge is 2.19. The second-order valence-electron chi connectivity index (χ2n) is 3.07. The fourth-order valence-electron chi connectivity index (χ4n) is 1.64. The van der Waals surface area contributed by atoms with Crippen LogP contribution < -0.4 is 10.6 Å². The fraction of sp³-hybridized carbons (Fsp3) is 0.375. The molecule has 0 saturated carbocycles. The van der Waals surface area contributed by atoms with Crippen molar-refractivity contribution in [3.05, 3.63) is 17.2 Å². The van der Waals surface area contributed by atoms with Gasteiger partial charge in [0.25, 0.3) is 0 Å². The molecule has 0 saturated heterocycles. The number of nitrogens with one attached hydrogen (secondary N) is 2. The maximum atomic E-state index is 4.54. The quantitative estimate of drug-likeness (QED) is 0.646. The molecule has 68 valence electrons. The van der Waals surface area contributed by atoms with E-state index in [1.165, 1.54) is 5.82 Å². The normalized spacial score (nSPS) is 19.1. The van der Waals surface area contributed by atoms with E-state index in [9.17, 15) is 0 Å². The fourth-order valence-corrected chi connectivity index (χ4v) is 2.40. The number of aromatic nitrogens is 2. The predicted molar refractivity (Wildman–Crippen MR) is 52.6 cm³/mol. The van der Waals surface area contributed by atoms with Gasteiger partial charge in [0.15, 0.2) is 5.16 Å². The molecule has 0 aliphatic carbocycles. The van der Waals surface area contributed by atoms with Crippen molar-refractivity contribution >= 4 is 17.6 Å². The summed E-state index contributed by atoms with van der Waals surface area (Å²) in [6.45, 7) is 2.66. The average Bonchev–Trinajstić information content (AvgIpc) is 2.56. The van der Waals surface area contributed by atoms with Crippen molar-refractivity contribution in [3.8, 4) is 0 Å². The summed E-state index contributed by atoms with van der Waals surface area (Å²) in [5, 5.41) is 9.75. The van der Waals surface area contributed by atoms with Crippen LogP contribution in [0.15, 0.2) is 16.6 Å². The van der Waals surface area contributed by atoms with Crippen molar-refractivity contribution in [1.29, 1.82) is 0 Å². The summed E-state index contributed by atoms with van der Waals surface area (Å²) >= 11 is 1.69. The van der Waals surface area contributed by atoms with Crippen LogP contribution in [0.4, 0.5) is 5.82 Å². The molecule has 1 aromatic heterocycles. The Bertz CT molecular complexity index is 368. The van der Waals surface area contributed by atoms with Crippen molar-refractivity contribution in [1.82, 2.24) is 14.9 Å². The third-order valence-electron chi connectivity index (χ3n) is 2.24. The topological polar surface area (TPSA) is 41.9 Å². The molecule has 0 radical (unpaired) electrons. The van der Waals surface area contributed by atoms with Gasteiger partial charge in [0.2, 0.25) is 0 Å². The molecule has 0 aromatic carbocycles. The second kappa shape index (κ2) is 2.78. The maximum absolute atomic E-state index is 4.54. The standard InChI is InChI=1S/C8H10N4S/c1-2-12-7-6(4-9-5-10-7)11-8(12)13-3-1/h1,3,9-10H,2,4-5H2. The minimum absolute atomic E-state index is 0.840. The van der Waals surface area contributed by atoms with Crippen LogP contribution in [0, 0.1) is 0 Å². The van der Waals surface area contributed by atoms with Crippen LogP contribution in [0.25, 0.3) is 0 Å². The van der Waals surface area contributed by atoms with Crippen LogP contribution in [0.1, 0.15) is 5.69 Å². The average molecular weight is 194 g/mol. The minimum Gasteiger partial charge on any atom is -0.357 e. The van der Waals surface area contributed by atoms with Crippen LogP contribution in [-0.2, 0) is 13.1 Å². The van der Waals surface area contributed by atoms with Gasteiger partial charge in [-0.05, 0) is 5.41 Å². The predicted octanol–water partition coefficient (Wildman–Crippen LogP) is 0.975. The first-order valence-corrected chi connectivity index (χ1v) is 5.19. The first-order chi connectivity index (χ1) is 6.45. The van der Waals surface area contributed by atoms with Crippen molar-refractivity contribution < 1.29 is 0 Å². The van der Waals surface area contributed by atoms with Gasteiger partial charge < -0.3 is 9.88 Å². The van der Waals surface area contributed by atoms with Crippen LogP contribution in [0.5, 0.6) is 0 Å². The third kappa shape index (κ3) is 1.08. The zero-order valence-corrected chi connectivity index (χ0v) is 7.90. The summed E-state index contributed by atoms with van der Waals surface area (Å²) in [6, 6.07) is 0. The van der Waals surface area contributed by atoms with Crippen molar-refractivity contribution in [2.45, 2.75) is 18.2 Å². The number of nitrogens with zero attached hydrogens (tertiary/aromatic N) is 2. The number of hydrogen-bond donors (Lipinski definition) is 2. The minimum atomic E-state index is 0.840. The van der Waals surface area contributed by atoms with E-state index in [0.29, 0.717) is 0 Å². The molecule has 2 N–H and O–H groups in total. The number of imidazole rings is 1. The number of allylic oxidation sites excluding steroid dienone is 1. The molecule has 2 aliphatic rings. The van der Waals surface area contributed by atoms with Gasteiger partial charge in [-0.3, -0.25) is 5.32 Å². The summed E-state index contributed by atoms with van der Waals surface area (Å²) < 4.78 is 2.22. The van der Waals surface area contributed by atoms with Crippen LogP contribution in [0.2, 0.25) is 0 Å². The summed E-state index contributed by atoms with van der Waals surface area (Å²) in [7, 11) is 0. The molecular formula is C8H10N4S. The first kappa shape index (κ1) is 7.46. The second-order valence-corrected chi connectivity index (χ2v) is 3.94. The summed E-state index contributed by atoms with van der Waals surface area (Å²) in [5.41, 5.74) is 1.14. The third-order valence-corrected chi connectivity index (χ3v) is 3.09. The monoisotopic (exact) mass is 194 g/mol. The SMILES string of the molecule is C1=CSc2nc3c(n2C1)NCNC3. The van der Waals surface area contributed by atoms with E-state index in [1.807, 2.05) is 0 Å². The van der Waals surface area contributed by atoms with E-state index in [0.717, 1.165) is 30.6 Å². The number of thioether (sulfide) groups is 1. The van der Waals surface area contributed by atoms with Gasteiger partial charge in [0.05, 0.1) is 12.4 Å². The Labute approximate surface area is 80.4 Å². The molecule has 13 heavy (non-hydrogen) atoms. The summed E-state index contributed by atoms with van der Waals surface area (Å²) in [4.78, 5) is 4.54. The van der Waals surface area contributed by atoms with Crippen LogP contribution >= 0.6 is 11.8 Å². The zero-order valence-electron chi connectivity index (χ0n) is 7.08. The highest BCUT2D eigenvalue weighted by molar-refractivity contribution is 8.02. The van der Waals surface area contributed by atoms with Gasteiger partial charge in [-0.2, -0.15) is 0 Å². The van der Waals surface area contributed by atoms with Crippen LogP contribution in [0.3, 0.4) is 0 Å². The Kier molecular flexibility index (Phi) is 1.60. The Balaban J connectivity index is 2.11. The Morgan fingerprint density at radius 3 is 3.54 bits per heavy atom. The molecule has 4 nitrogen and oxygen atoms in total. The van der Waals surface area contributed by atoms with E-state index in [-0.39, 0.29) is 0 Å². The van der Waals surface area contributed by atoms with E-state index in [4.69, 9.17) is 0 Å². The van der Waals surface area contributed by atoms with Gasteiger partial charge >= 0.3 is 0 Å². The van der Waals surface area contributed by atoms with E-state index in [2.05, 4.69) is 31.7 Å². The van der Waals surface area contributed by atoms with Gasteiger partial charge in [0.1, 0.15) is 5.82 Å². The lowest BCUT2D eigenvalue weighted by atomic mass is 10.4. The highest BCUT2D eigenvalue weighted by Crippen LogP contribution is 2.30. The highest BCUT2D eigenvalue weighted by atomic mass is 32.2. The van der Waals surface area contributed by atoms with E-state index >= 15 is 0 Å². The molecular weight excluding hydrogens is 184 g/mol. The smallest absolute Gasteiger partial charge is 0.174 e. The van der Waals surface area contributed by atoms with E-state index in [1.54, 1.807) is 11.8 Å². The summed E-state index contributed by atoms with van der Waals surface area (Å²) in [5.74, 6) is 1.19. The molecule has 1 aromatic rings. The number of fused-ring (bicyclic) bond motifs is 3. The molecule has 0 atom stereocenters. The molecule has 0 spiro atoms. The lowest BCUT2D eigenvalue weighted by Gasteiger charge is -2.17. The Hall–Kier alpha value is -0.940. The van der Waals surface area contributed by atoms with Crippen molar-refractivity contribution in [3.63, 3.8) is 0 Å². The molecule has 2 aliphatic heterocycles. The number of anilines is 1. The van der Waals surface area contributed by atoms with Crippen molar-refractivity contribution in [2.24, 2.45) is 0 Å². The lowest BCUT2D eigenvalue weighted by molar-refractivity contribution is 0.679. The van der Waals surface area contributed by atoms with Crippen molar-refractivity contribution in [2.75, 3.05) is 12.0 Å². The van der Waals surface area contributed by atoms with E-state index < -0.39 is 0 Å². The molecule has 3 heterocycles. The largest absolute Gasteiger partial charge is 0.357 e. The molecule has 0 fully saturated rings. The van der Waals surface area contributed by atoms with Gasteiger partial charge in [-0.25, -0.2) is 4.98 Å². The molecule has 3 rings (SSSR count). The molecule has 0 unspecified atom stereocenters. The summed E-state index contributed by atoms with van der Waals surface area (Å²) in [6.07, 6.45) is 2.16. The van der Waals surface area contributed by atoms with Crippen LogP contribution in [-0.4, -0.2) is 16.2 Å². The maximum Gasteiger partial charge on any atom is 0.174 e. The van der Waals surface area contributed by atoms with Gasteiger partial charge in [-0.1, -0.05) is 17.8 Å². The molecule has 5 heteroatoms. The van der Waals surface area contributed by atoms with Gasteiger partial charge in [0, 0.05) is 13.1 Å². The Morgan fingerprint density at radius 1 is 1.54 bits per heavy atom. The first-order valence-electron chi connectivity index (χ1n) is 4.31. The lowest BCUT2D eigenvalue weighted by Crippen LogP contribution is -2.28. The molecule has 0 bridgehead atoms. The molecule has 0 amide bonds. The zero-order chi connectivity index (χ0) is 8.67. The van der Waals surface area contributed by atoms with Gasteiger partial charge in [-0.15, -0.1) is 0 Å². The number of hydrogen-bond acceptors (Lipinski definition) is 4.